The average Bonchev–Trinajstić information content (AvgIpc) is 2.16. The minimum Gasteiger partial charge on any atom is -0.316 e. The first kappa shape index (κ1) is 12.6. The maximum absolute atomic E-state index is 11.3. The number of hydrogen-bond donors (Lipinski definition) is 2. The molecule has 6 heteroatoms. The van der Waals surface area contributed by atoms with E-state index in [0.29, 0.717) is 17.4 Å². The lowest BCUT2D eigenvalue weighted by molar-refractivity contribution is 0.596. The van der Waals surface area contributed by atoms with Crippen molar-refractivity contribution in [2.24, 2.45) is 5.14 Å². The van der Waals surface area contributed by atoms with Crippen LogP contribution in [0.2, 0.25) is 0 Å². The van der Waals surface area contributed by atoms with Crippen LogP contribution in [-0.4, -0.2) is 15.5 Å². The summed E-state index contributed by atoms with van der Waals surface area (Å²) in [5.74, 6) is 0. The molecule has 0 radical (unpaired) electrons. The Labute approximate surface area is 98.0 Å². The van der Waals surface area contributed by atoms with Gasteiger partial charge < -0.3 is 5.32 Å². The Hall–Kier alpha value is -0.430. The van der Waals surface area contributed by atoms with Crippen molar-refractivity contribution in [3.63, 3.8) is 0 Å². The molecule has 0 unspecified atom stereocenters. The van der Waals surface area contributed by atoms with Gasteiger partial charge in [0.15, 0.2) is 0 Å². The van der Waals surface area contributed by atoms with E-state index in [0.717, 1.165) is 5.56 Å². The normalized spacial score (nSPS) is 11.7. The Morgan fingerprint density at radius 1 is 1.47 bits per heavy atom. The number of nitrogens with one attached hydrogen (secondary N) is 1. The van der Waals surface area contributed by atoms with E-state index in [1.807, 2.05) is 6.07 Å². The molecule has 0 aliphatic rings. The van der Waals surface area contributed by atoms with Crippen molar-refractivity contribution >= 4 is 26.0 Å². The topological polar surface area (TPSA) is 72.2 Å². The van der Waals surface area contributed by atoms with E-state index in [1.165, 1.54) is 0 Å². The molecular weight excluding hydrogens is 280 g/mol. The second-order valence-corrected chi connectivity index (χ2v) is 5.24. The minimum atomic E-state index is -3.64. The van der Waals surface area contributed by atoms with Crippen molar-refractivity contribution in [3.8, 4) is 0 Å². The molecule has 0 heterocycles. The molecule has 0 saturated carbocycles. The van der Waals surface area contributed by atoms with E-state index in [9.17, 15) is 8.42 Å². The summed E-state index contributed by atoms with van der Waals surface area (Å²) < 4.78 is 22.5. The molecule has 84 valence electrons. The Bertz CT molecular complexity index is 445. The van der Waals surface area contributed by atoms with E-state index in [4.69, 9.17) is 5.14 Å². The van der Waals surface area contributed by atoms with Crippen LogP contribution in [0.25, 0.3) is 0 Å². The van der Waals surface area contributed by atoms with E-state index in [1.54, 1.807) is 19.2 Å². The van der Waals surface area contributed by atoms with Gasteiger partial charge in [0.05, 0.1) is 4.90 Å². The van der Waals surface area contributed by atoms with Crippen molar-refractivity contribution in [1.29, 1.82) is 0 Å². The summed E-state index contributed by atoms with van der Waals surface area (Å²) in [6, 6.07) is 5.11. The third-order valence-corrected chi connectivity index (χ3v) is 3.61. The Balaban J connectivity index is 3.27. The van der Waals surface area contributed by atoms with Crippen LogP contribution in [0.3, 0.4) is 0 Å². The largest absolute Gasteiger partial charge is 0.316 e. The molecule has 1 rings (SSSR count). The zero-order valence-corrected chi connectivity index (χ0v) is 10.7. The molecule has 4 nitrogen and oxygen atoms in total. The fourth-order valence-electron chi connectivity index (χ4n) is 1.32. The molecule has 1 aromatic rings. The number of alkyl halides is 1. The van der Waals surface area contributed by atoms with Gasteiger partial charge in [-0.05, 0) is 24.2 Å². The van der Waals surface area contributed by atoms with Crippen LogP contribution in [0.1, 0.15) is 11.1 Å². The first-order chi connectivity index (χ1) is 6.99. The highest BCUT2D eigenvalue weighted by atomic mass is 79.9. The molecule has 0 atom stereocenters. The lowest BCUT2D eigenvalue weighted by atomic mass is 10.1. The Morgan fingerprint density at radius 2 is 2.13 bits per heavy atom. The van der Waals surface area contributed by atoms with Gasteiger partial charge in [-0.25, -0.2) is 13.6 Å². The van der Waals surface area contributed by atoms with Crippen LogP contribution in [0, 0.1) is 0 Å². The Kier molecular flexibility index (Phi) is 4.27. The minimum absolute atomic E-state index is 0.182. The molecule has 0 aliphatic heterocycles. The number of sulfonamides is 1. The standard InChI is InChI=1S/C9H13BrN2O2S/c1-12-6-8-4-7(5-10)2-3-9(8)15(11,13)14/h2-4,12H,5-6H2,1H3,(H2,11,13,14). The van der Waals surface area contributed by atoms with Gasteiger partial charge in [0.2, 0.25) is 10.0 Å². The number of halogens is 1. The molecule has 1 aromatic carbocycles. The molecule has 0 bridgehead atoms. The molecular formula is C9H13BrN2O2S. The number of nitrogens with two attached hydrogens (primary N) is 1. The predicted molar refractivity (Wildman–Crippen MR) is 63.2 cm³/mol. The maximum Gasteiger partial charge on any atom is 0.238 e. The third kappa shape index (κ3) is 3.27. The molecule has 0 amide bonds. The Morgan fingerprint density at radius 3 is 2.60 bits per heavy atom. The van der Waals surface area contributed by atoms with Crippen molar-refractivity contribution in [1.82, 2.24) is 5.32 Å². The first-order valence-electron chi connectivity index (χ1n) is 4.34. The van der Waals surface area contributed by atoms with Crippen molar-refractivity contribution < 1.29 is 8.42 Å². The quantitative estimate of drug-likeness (QED) is 0.812. The van der Waals surface area contributed by atoms with Gasteiger partial charge in [0.1, 0.15) is 0 Å². The molecule has 0 saturated heterocycles. The van der Waals surface area contributed by atoms with Crippen LogP contribution < -0.4 is 10.5 Å². The number of rotatable bonds is 4. The lowest BCUT2D eigenvalue weighted by Crippen LogP contribution is -2.17. The van der Waals surface area contributed by atoms with Crippen molar-refractivity contribution in [3.05, 3.63) is 29.3 Å². The van der Waals surface area contributed by atoms with Gasteiger partial charge in [-0.1, -0.05) is 28.1 Å². The van der Waals surface area contributed by atoms with Gasteiger partial charge >= 0.3 is 0 Å². The summed E-state index contributed by atoms with van der Waals surface area (Å²) in [4.78, 5) is 0.182. The zero-order chi connectivity index (χ0) is 11.5. The van der Waals surface area contributed by atoms with Crippen LogP contribution in [0.15, 0.2) is 23.1 Å². The monoisotopic (exact) mass is 292 g/mol. The second-order valence-electron chi connectivity index (χ2n) is 3.15. The van der Waals surface area contributed by atoms with Crippen LogP contribution in [0.4, 0.5) is 0 Å². The smallest absolute Gasteiger partial charge is 0.238 e. The fraction of sp³-hybridized carbons (Fsp3) is 0.333. The van der Waals surface area contributed by atoms with Gasteiger partial charge in [-0.3, -0.25) is 0 Å². The SMILES string of the molecule is CNCc1cc(CBr)ccc1S(N)(=O)=O. The molecule has 0 aliphatic carbocycles. The molecule has 0 fully saturated rings. The highest BCUT2D eigenvalue weighted by Gasteiger charge is 2.13. The van der Waals surface area contributed by atoms with Gasteiger partial charge in [0, 0.05) is 11.9 Å². The van der Waals surface area contributed by atoms with Crippen molar-refractivity contribution in [2.45, 2.75) is 16.8 Å². The highest BCUT2D eigenvalue weighted by molar-refractivity contribution is 9.08. The highest BCUT2D eigenvalue weighted by Crippen LogP contribution is 2.17. The maximum atomic E-state index is 11.3. The summed E-state index contributed by atoms with van der Waals surface area (Å²) in [5, 5.41) is 8.71. The third-order valence-electron chi connectivity index (χ3n) is 1.95. The summed E-state index contributed by atoms with van der Waals surface area (Å²) in [7, 11) is -1.88. The summed E-state index contributed by atoms with van der Waals surface area (Å²) in [5.41, 5.74) is 1.71. The number of benzene rings is 1. The van der Waals surface area contributed by atoms with Gasteiger partial charge in [0.25, 0.3) is 0 Å². The molecule has 15 heavy (non-hydrogen) atoms. The predicted octanol–water partition coefficient (Wildman–Crippen LogP) is 0.948. The van der Waals surface area contributed by atoms with E-state index >= 15 is 0 Å². The van der Waals surface area contributed by atoms with Crippen LogP contribution >= 0.6 is 15.9 Å². The van der Waals surface area contributed by atoms with Crippen LogP contribution in [-0.2, 0) is 21.9 Å². The second kappa shape index (κ2) is 5.07. The van der Waals surface area contributed by atoms with E-state index in [-0.39, 0.29) is 4.90 Å². The molecule has 0 spiro atoms. The number of primary sulfonamides is 1. The van der Waals surface area contributed by atoms with Crippen LogP contribution in [0.5, 0.6) is 0 Å². The summed E-state index contributed by atoms with van der Waals surface area (Å²) in [6.45, 7) is 0.479. The lowest BCUT2D eigenvalue weighted by Gasteiger charge is -2.08. The summed E-state index contributed by atoms with van der Waals surface area (Å²) >= 11 is 3.32. The molecule has 0 aromatic heterocycles. The average molecular weight is 293 g/mol. The van der Waals surface area contributed by atoms with E-state index in [2.05, 4.69) is 21.2 Å². The van der Waals surface area contributed by atoms with Gasteiger partial charge in [-0.2, -0.15) is 0 Å². The number of hydrogen-bond acceptors (Lipinski definition) is 3. The van der Waals surface area contributed by atoms with E-state index < -0.39 is 10.0 Å². The van der Waals surface area contributed by atoms with Gasteiger partial charge in [-0.15, -0.1) is 0 Å². The zero-order valence-electron chi connectivity index (χ0n) is 8.33. The molecule has 3 N–H and O–H groups in total. The fourth-order valence-corrected chi connectivity index (χ4v) is 2.43. The van der Waals surface area contributed by atoms with Crippen molar-refractivity contribution in [2.75, 3.05) is 7.05 Å². The summed E-state index contributed by atoms with van der Waals surface area (Å²) in [6.07, 6.45) is 0. The first-order valence-corrected chi connectivity index (χ1v) is 7.01.